The van der Waals surface area contributed by atoms with E-state index in [1.165, 1.54) is 12.8 Å². The van der Waals surface area contributed by atoms with Crippen LogP contribution in [0.15, 0.2) is 36.5 Å². The largest absolute Gasteiger partial charge is 0.491 e. The number of rotatable bonds is 6. The van der Waals surface area contributed by atoms with Crippen LogP contribution in [-0.2, 0) is 0 Å². The number of ether oxygens (including phenoxy) is 1. The number of nitrogens with one attached hydrogen (secondary N) is 1. The summed E-state index contributed by atoms with van der Waals surface area (Å²) in [6.07, 6.45) is 4.99. The van der Waals surface area contributed by atoms with Crippen LogP contribution in [0.3, 0.4) is 0 Å². The number of amides is 1. The standard InChI is InChI=1S/C21H28N4O2/c1-3-12-27-19-6-4-16(13-18(19)22)21(26)24-17-5-7-20(23-14-17)25-10-8-15(2)9-11-25/h4-7,13-15H,3,8-12,22H2,1-2H3,(H,24,26). The first-order valence-electron chi connectivity index (χ1n) is 9.61. The van der Waals surface area contributed by atoms with Gasteiger partial charge >= 0.3 is 0 Å². The molecule has 1 aliphatic rings. The Labute approximate surface area is 160 Å². The Morgan fingerprint density at radius 2 is 2.07 bits per heavy atom. The van der Waals surface area contributed by atoms with E-state index >= 15 is 0 Å². The number of nitrogens with zero attached hydrogens (tertiary/aromatic N) is 2. The second-order valence-corrected chi connectivity index (χ2v) is 7.13. The van der Waals surface area contributed by atoms with Crippen molar-refractivity contribution in [1.82, 2.24) is 4.98 Å². The molecular weight excluding hydrogens is 340 g/mol. The van der Waals surface area contributed by atoms with Gasteiger partial charge in [-0.1, -0.05) is 13.8 Å². The summed E-state index contributed by atoms with van der Waals surface area (Å²) >= 11 is 0. The predicted octanol–water partition coefficient (Wildman–Crippen LogP) is 3.94. The average molecular weight is 368 g/mol. The SMILES string of the molecule is CCCOc1ccc(C(=O)Nc2ccc(N3CCC(C)CC3)nc2)cc1N. The number of carbonyl (C=O) groups excluding carboxylic acids is 1. The van der Waals surface area contributed by atoms with Crippen molar-refractivity contribution in [2.24, 2.45) is 5.92 Å². The molecular formula is C21H28N4O2. The summed E-state index contributed by atoms with van der Waals surface area (Å²) in [5.74, 6) is 2.13. The summed E-state index contributed by atoms with van der Waals surface area (Å²) in [7, 11) is 0. The molecule has 0 radical (unpaired) electrons. The molecule has 144 valence electrons. The maximum Gasteiger partial charge on any atom is 0.255 e. The number of nitrogens with two attached hydrogens (primary N) is 1. The Kier molecular flexibility index (Phi) is 6.16. The molecule has 1 fully saturated rings. The lowest BCUT2D eigenvalue weighted by molar-refractivity contribution is 0.102. The van der Waals surface area contributed by atoms with Crippen molar-refractivity contribution in [1.29, 1.82) is 0 Å². The fraction of sp³-hybridized carbons (Fsp3) is 0.429. The third kappa shape index (κ3) is 4.90. The summed E-state index contributed by atoms with van der Waals surface area (Å²) in [6, 6.07) is 8.94. The summed E-state index contributed by atoms with van der Waals surface area (Å²) < 4.78 is 5.54. The Hall–Kier alpha value is -2.76. The van der Waals surface area contributed by atoms with E-state index < -0.39 is 0 Å². The van der Waals surface area contributed by atoms with Gasteiger partial charge in [0.15, 0.2) is 0 Å². The molecule has 1 amide bonds. The Morgan fingerprint density at radius 1 is 1.30 bits per heavy atom. The van der Waals surface area contributed by atoms with Gasteiger partial charge in [0.2, 0.25) is 0 Å². The maximum absolute atomic E-state index is 12.5. The molecule has 2 aromatic rings. The summed E-state index contributed by atoms with van der Waals surface area (Å²) in [5.41, 5.74) is 7.60. The molecule has 0 spiro atoms. The number of carbonyl (C=O) groups is 1. The second kappa shape index (κ2) is 8.75. The van der Waals surface area contributed by atoms with Gasteiger partial charge in [-0.3, -0.25) is 4.79 Å². The monoisotopic (exact) mass is 368 g/mol. The first-order valence-corrected chi connectivity index (χ1v) is 9.61. The first-order chi connectivity index (χ1) is 13.1. The summed E-state index contributed by atoms with van der Waals surface area (Å²) in [5, 5.41) is 2.87. The molecule has 6 nitrogen and oxygen atoms in total. The van der Waals surface area contributed by atoms with E-state index in [2.05, 4.69) is 22.1 Å². The fourth-order valence-corrected chi connectivity index (χ4v) is 3.12. The van der Waals surface area contributed by atoms with E-state index in [4.69, 9.17) is 10.5 Å². The second-order valence-electron chi connectivity index (χ2n) is 7.13. The third-order valence-electron chi connectivity index (χ3n) is 4.85. The number of aromatic nitrogens is 1. The number of hydrogen-bond acceptors (Lipinski definition) is 5. The van der Waals surface area contributed by atoms with E-state index in [9.17, 15) is 4.79 Å². The van der Waals surface area contributed by atoms with E-state index in [-0.39, 0.29) is 5.91 Å². The van der Waals surface area contributed by atoms with Crippen LogP contribution < -0.4 is 20.7 Å². The van der Waals surface area contributed by atoms with Crippen molar-refractivity contribution in [3.63, 3.8) is 0 Å². The van der Waals surface area contributed by atoms with Gasteiger partial charge in [-0.2, -0.15) is 0 Å². The average Bonchev–Trinajstić information content (AvgIpc) is 2.68. The quantitative estimate of drug-likeness (QED) is 0.755. The minimum absolute atomic E-state index is 0.218. The Bertz CT molecular complexity index is 768. The van der Waals surface area contributed by atoms with Crippen molar-refractivity contribution in [3.05, 3.63) is 42.1 Å². The van der Waals surface area contributed by atoms with Gasteiger partial charge in [-0.25, -0.2) is 4.98 Å². The van der Waals surface area contributed by atoms with Crippen molar-refractivity contribution in [3.8, 4) is 5.75 Å². The van der Waals surface area contributed by atoms with Crippen molar-refractivity contribution >= 4 is 23.1 Å². The highest BCUT2D eigenvalue weighted by molar-refractivity contribution is 6.04. The molecule has 0 unspecified atom stereocenters. The lowest BCUT2D eigenvalue weighted by Crippen LogP contribution is -2.33. The molecule has 3 N–H and O–H groups in total. The number of piperidine rings is 1. The van der Waals surface area contributed by atoms with Crippen molar-refractivity contribution in [2.75, 3.05) is 35.6 Å². The van der Waals surface area contributed by atoms with Gasteiger partial charge in [0.1, 0.15) is 11.6 Å². The normalized spacial score (nSPS) is 14.8. The fourth-order valence-electron chi connectivity index (χ4n) is 3.12. The van der Waals surface area contributed by atoms with Gasteiger partial charge in [0, 0.05) is 18.7 Å². The molecule has 6 heteroatoms. The zero-order chi connectivity index (χ0) is 19.2. The highest BCUT2D eigenvalue weighted by Gasteiger charge is 2.17. The number of anilines is 3. The minimum atomic E-state index is -0.218. The third-order valence-corrected chi connectivity index (χ3v) is 4.85. The van der Waals surface area contributed by atoms with Gasteiger partial charge < -0.3 is 20.7 Å². The first kappa shape index (κ1) is 19.0. The molecule has 1 aromatic carbocycles. The van der Waals surface area contributed by atoms with Gasteiger partial charge in [-0.15, -0.1) is 0 Å². The molecule has 1 saturated heterocycles. The summed E-state index contributed by atoms with van der Waals surface area (Å²) in [4.78, 5) is 19.3. The van der Waals surface area contributed by atoms with Crippen molar-refractivity contribution < 1.29 is 9.53 Å². The Morgan fingerprint density at radius 3 is 2.70 bits per heavy atom. The van der Waals surface area contributed by atoms with E-state index in [0.717, 1.165) is 31.2 Å². The van der Waals surface area contributed by atoms with Crippen LogP contribution in [0.25, 0.3) is 0 Å². The van der Waals surface area contributed by atoms with E-state index in [1.54, 1.807) is 24.4 Å². The van der Waals surface area contributed by atoms with Crippen LogP contribution in [0.1, 0.15) is 43.5 Å². The highest BCUT2D eigenvalue weighted by Crippen LogP contribution is 2.24. The molecule has 2 heterocycles. The van der Waals surface area contributed by atoms with Crippen LogP contribution in [0.2, 0.25) is 0 Å². The molecule has 3 rings (SSSR count). The molecule has 1 aromatic heterocycles. The number of pyridine rings is 1. The van der Waals surface area contributed by atoms with Crippen molar-refractivity contribution in [2.45, 2.75) is 33.1 Å². The van der Waals surface area contributed by atoms with E-state index in [0.29, 0.717) is 29.3 Å². The summed E-state index contributed by atoms with van der Waals surface area (Å²) in [6.45, 7) is 6.99. The molecule has 27 heavy (non-hydrogen) atoms. The molecule has 1 aliphatic heterocycles. The minimum Gasteiger partial charge on any atom is -0.491 e. The van der Waals surface area contributed by atoms with Gasteiger partial charge in [0.05, 0.1) is 24.2 Å². The van der Waals surface area contributed by atoms with Crippen LogP contribution >= 0.6 is 0 Å². The molecule has 0 atom stereocenters. The topological polar surface area (TPSA) is 80.5 Å². The molecule has 0 saturated carbocycles. The lowest BCUT2D eigenvalue weighted by atomic mass is 9.99. The number of benzene rings is 1. The zero-order valence-corrected chi connectivity index (χ0v) is 16.1. The van der Waals surface area contributed by atoms with E-state index in [1.807, 2.05) is 19.1 Å². The number of hydrogen-bond donors (Lipinski definition) is 2. The van der Waals surface area contributed by atoms with Crippen LogP contribution in [0, 0.1) is 5.92 Å². The zero-order valence-electron chi connectivity index (χ0n) is 16.1. The maximum atomic E-state index is 12.5. The van der Waals surface area contributed by atoms with Crippen LogP contribution in [0.5, 0.6) is 5.75 Å². The van der Waals surface area contributed by atoms with Crippen LogP contribution in [0.4, 0.5) is 17.2 Å². The van der Waals surface area contributed by atoms with Gasteiger partial charge in [-0.05, 0) is 55.5 Å². The highest BCUT2D eigenvalue weighted by atomic mass is 16.5. The predicted molar refractivity (Wildman–Crippen MR) is 109 cm³/mol. The van der Waals surface area contributed by atoms with Crippen LogP contribution in [-0.4, -0.2) is 30.6 Å². The number of nitrogen functional groups attached to an aromatic ring is 1. The van der Waals surface area contributed by atoms with Gasteiger partial charge in [0.25, 0.3) is 5.91 Å². The molecule has 0 aliphatic carbocycles. The smallest absolute Gasteiger partial charge is 0.255 e. The lowest BCUT2D eigenvalue weighted by Gasteiger charge is -2.31. The Balaban J connectivity index is 1.61. The molecule has 0 bridgehead atoms.